The maximum absolute atomic E-state index is 4.65. The fraction of sp³-hybridized carbons (Fsp3) is 0.765. The minimum absolute atomic E-state index is 0.461. The number of aromatic nitrogens is 2. The van der Waals surface area contributed by atoms with Gasteiger partial charge in [0, 0.05) is 38.1 Å². The summed E-state index contributed by atoms with van der Waals surface area (Å²) in [5.41, 5.74) is 0. The summed E-state index contributed by atoms with van der Waals surface area (Å²) in [6.45, 7) is 11.5. The fourth-order valence-electron chi connectivity index (χ4n) is 2.31. The van der Waals surface area contributed by atoms with E-state index in [1.807, 2.05) is 23.1 Å². The summed E-state index contributed by atoms with van der Waals surface area (Å²) < 4.78 is 1.95. The number of aliphatic imine (C=N–C) groups is 1. The highest BCUT2D eigenvalue weighted by molar-refractivity contribution is 5.79. The van der Waals surface area contributed by atoms with Crippen molar-refractivity contribution in [1.29, 1.82) is 0 Å². The van der Waals surface area contributed by atoms with Crippen molar-refractivity contribution in [2.24, 2.45) is 10.9 Å². The van der Waals surface area contributed by atoms with Gasteiger partial charge in [0.2, 0.25) is 0 Å². The van der Waals surface area contributed by atoms with Crippen molar-refractivity contribution in [2.75, 3.05) is 13.1 Å². The molecule has 1 unspecified atom stereocenters. The molecule has 126 valence electrons. The van der Waals surface area contributed by atoms with Gasteiger partial charge in [0.25, 0.3) is 0 Å². The molecule has 0 aliphatic carbocycles. The molecule has 0 aliphatic rings. The number of rotatable bonds is 10. The highest BCUT2D eigenvalue weighted by Crippen LogP contribution is 2.08. The zero-order valence-electron chi connectivity index (χ0n) is 14.7. The number of aryl methyl sites for hydroxylation is 1. The lowest BCUT2D eigenvalue weighted by Gasteiger charge is -2.18. The number of hydrogen-bond donors (Lipinski definition) is 2. The molecule has 22 heavy (non-hydrogen) atoms. The summed E-state index contributed by atoms with van der Waals surface area (Å²) in [6, 6.07) is 2.41. The van der Waals surface area contributed by atoms with E-state index in [9.17, 15) is 0 Å². The molecule has 0 saturated carbocycles. The summed E-state index contributed by atoms with van der Waals surface area (Å²) in [6.07, 6.45) is 8.56. The number of guanidine groups is 1. The van der Waals surface area contributed by atoms with E-state index in [0.717, 1.165) is 37.9 Å². The van der Waals surface area contributed by atoms with Crippen LogP contribution in [0.1, 0.15) is 53.4 Å². The van der Waals surface area contributed by atoms with Crippen molar-refractivity contribution < 1.29 is 0 Å². The largest absolute Gasteiger partial charge is 0.357 e. The molecule has 5 heteroatoms. The Morgan fingerprint density at radius 1 is 1.23 bits per heavy atom. The van der Waals surface area contributed by atoms with Crippen LogP contribution < -0.4 is 10.6 Å². The molecule has 0 fully saturated rings. The highest BCUT2D eigenvalue weighted by atomic mass is 15.3. The molecular formula is C17H33N5. The van der Waals surface area contributed by atoms with E-state index < -0.39 is 0 Å². The maximum atomic E-state index is 4.65. The van der Waals surface area contributed by atoms with Crippen molar-refractivity contribution in [3.05, 3.63) is 18.5 Å². The molecule has 0 spiro atoms. The molecule has 0 aliphatic heterocycles. The number of nitrogens with zero attached hydrogens (tertiary/aromatic N) is 3. The van der Waals surface area contributed by atoms with Gasteiger partial charge in [-0.3, -0.25) is 9.67 Å². The standard InChI is InChI=1S/C17H33N5/c1-5-18-17(21-16(4)10-6-9-15(2)3)19-11-7-13-22-14-8-12-20-22/h8,12,14-16H,5-7,9-11,13H2,1-4H3,(H2,18,19,21). The average molecular weight is 307 g/mol. The van der Waals surface area contributed by atoms with Gasteiger partial charge in [-0.2, -0.15) is 5.10 Å². The molecule has 1 aromatic heterocycles. The van der Waals surface area contributed by atoms with Crippen LogP contribution >= 0.6 is 0 Å². The Morgan fingerprint density at radius 2 is 2.05 bits per heavy atom. The predicted molar refractivity (Wildman–Crippen MR) is 94.1 cm³/mol. The number of hydrogen-bond acceptors (Lipinski definition) is 2. The van der Waals surface area contributed by atoms with Crippen molar-refractivity contribution in [1.82, 2.24) is 20.4 Å². The average Bonchev–Trinajstić information content (AvgIpc) is 2.96. The Morgan fingerprint density at radius 3 is 2.68 bits per heavy atom. The molecule has 0 bridgehead atoms. The van der Waals surface area contributed by atoms with Gasteiger partial charge in [-0.25, -0.2) is 0 Å². The first-order valence-electron chi connectivity index (χ1n) is 8.64. The summed E-state index contributed by atoms with van der Waals surface area (Å²) >= 11 is 0. The summed E-state index contributed by atoms with van der Waals surface area (Å²) in [5, 5.41) is 11.0. The van der Waals surface area contributed by atoms with Crippen molar-refractivity contribution in [3.63, 3.8) is 0 Å². The molecule has 1 aromatic rings. The topological polar surface area (TPSA) is 54.2 Å². The predicted octanol–water partition coefficient (Wildman–Crippen LogP) is 3.04. The first-order chi connectivity index (χ1) is 10.6. The van der Waals surface area contributed by atoms with Gasteiger partial charge in [-0.15, -0.1) is 0 Å². The fourth-order valence-corrected chi connectivity index (χ4v) is 2.31. The Kier molecular flexibility index (Phi) is 9.35. The summed E-state index contributed by atoms with van der Waals surface area (Å²) in [7, 11) is 0. The maximum Gasteiger partial charge on any atom is 0.191 e. The second kappa shape index (κ2) is 11.1. The second-order valence-corrected chi connectivity index (χ2v) is 6.25. The minimum atomic E-state index is 0.461. The molecule has 1 rings (SSSR count). The van der Waals surface area contributed by atoms with Crippen LogP contribution in [0.4, 0.5) is 0 Å². The van der Waals surface area contributed by atoms with Crippen molar-refractivity contribution >= 4 is 5.96 Å². The molecule has 0 aromatic carbocycles. The summed E-state index contributed by atoms with van der Waals surface area (Å²) in [4.78, 5) is 4.65. The minimum Gasteiger partial charge on any atom is -0.357 e. The van der Waals surface area contributed by atoms with E-state index in [1.54, 1.807) is 0 Å². The molecule has 0 saturated heterocycles. The molecule has 1 atom stereocenters. The van der Waals surface area contributed by atoms with Gasteiger partial charge in [0.1, 0.15) is 0 Å². The van der Waals surface area contributed by atoms with E-state index in [2.05, 4.69) is 48.4 Å². The Balaban J connectivity index is 2.28. The second-order valence-electron chi connectivity index (χ2n) is 6.25. The van der Waals surface area contributed by atoms with Crippen LogP contribution in [-0.2, 0) is 6.54 Å². The molecular weight excluding hydrogens is 274 g/mol. The zero-order chi connectivity index (χ0) is 16.2. The van der Waals surface area contributed by atoms with Crippen LogP contribution in [-0.4, -0.2) is 34.9 Å². The highest BCUT2D eigenvalue weighted by Gasteiger charge is 2.05. The van der Waals surface area contributed by atoms with Crippen LogP contribution in [0.3, 0.4) is 0 Å². The molecule has 2 N–H and O–H groups in total. The molecule has 0 radical (unpaired) electrons. The van der Waals surface area contributed by atoms with Crippen LogP contribution in [0.5, 0.6) is 0 Å². The van der Waals surface area contributed by atoms with E-state index in [4.69, 9.17) is 0 Å². The van der Waals surface area contributed by atoms with Gasteiger partial charge in [-0.1, -0.05) is 26.7 Å². The van der Waals surface area contributed by atoms with Gasteiger partial charge in [-0.05, 0) is 38.7 Å². The van der Waals surface area contributed by atoms with Crippen LogP contribution in [0.2, 0.25) is 0 Å². The monoisotopic (exact) mass is 307 g/mol. The van der Waals surface area contributed by atoms with Gasteiger partial charge >= 0.3 is 0 Å². The van der Waals surface area contributed by atoms with Crippen molar-refractivity contribution in [3.8, 4) is 0 Å². The number of nitrogens with one attached hydrogen (secondary N) is 2. The van der Waals surface area contributed by atoms with Gasteiger partial charge in [0.05, 0.1) is 0 Å². The van der Waals surface area contributed by atoms with E-state index in [-0.39, 0.29) is 0 Å². The van der Waals surface area contributed by atoms with E-state index in [0.29, 0.717) is 6.04 Å². The lowest BCUT2D eigenvalue weighted by atomic mass is 10.0. The first-order valence-corrected chi connectivity index (χ1v) is 8.64. The first kappa shape index (κ1) is 18.5. The quantitative estimate of drug-likeness (QED) is 0.397. The normalized spacial score (nSPS) is 13.4. The zero-order valence-corrected chi connectivity index (χ0v) is 14.7. The molecule has 0 amide bonds. The lowest BCUT2D eigenvalue weighted by Crippen LogP contribution is -2.42. The lowest BCUT2D eigenvalue weighted by molar-refractivity contribution is 0.491. The Labute approximate surface area is 135 Å². The molecule has 5 nitrogen and oxygen atoms in total. The van der Waals surface area contributed by atoms with Crippen molar-refractivity contribution in [2.45, 2.75) is 66.0 Å². The van der Waals surface area contributed by atoms with Crippen LogP contribution in [0, 0.1) is 5.92 Å². The van der Waals surface area contributed by atoms with Gasteiger partial charge in [0.15, 0.2) is 5.96 Å². The Bertz CT molecular complexity index is 397. The molecule has 1 heterocycles. The van der Waals surface area contributed by atoms with E-state index in [1.165, 1.54) is 19.3 Å². The van der Waals surface area contributed by atoms with E-state index >= 15 is 0 Å². The van der Waals surface area contributed by atoms with Crippen LogP contribution in [0.25, 0.3) is 0 Å². The third-order valence-electron chi connectivity index (χ3n) is 3.52. The third kappa shape index (κ3) is 8.70. The summed E-state index contributed by atoms with van der Waals surface area (Å²) in [5.74, 6) is 1.72. The third-order valence-corrected chi connectivity index (χ3v) is 3.52. The van der Waals surface area contributed by atoms with Gasteiger partial charge < -0.3 is 10.6 Å². The van der Waals surface area contributed by atoms with Crippen LogP contribution in [0.15, 0.2) is 23.5 Å². The smallest absolute Gasteiger partial charge is 0.191 e. The Hall–Kier alpha value is -1.52. The SMILES string of the molecule is CCNC(=NCCCn1cccn1)NC(C)CCCC(C)C.